The van der Waals surface area contributed by atoms with E-state index in [4.69, 9.17) is 4.74 Å². The van der Waals surface area contributed by atoms with E-state index in [1.165, 1.54) is 34.4 Å². The molecule has 2 aromatic carbocycles. The summed E-state index contributed by atoms with van der Waals surface area (Å²) in [7, 11) is 0. The van der Waals surface area contributed by atoms with Crippen LogP contribution in [0.25, 0.3) is 5.76 Å². The lowest BCUT2D eigenvalue weighted by atomic mass is 9.98. The molecule has 3 aromatic rings. The van der Waals surface area contributed by atoms with Crippen LogP contribution < -0.4 is 9.64 Å². The highest BCUT2D eigenvalue weighted by molar-refractivity contribution is 7.10. The van der Waals surface area contributed by atoms with Crippen molar-refractivity contribution in [2.24, 2.45) is 0 Å². The van der Waals surface area contributed by atoms with Crippen LogP contribution in [0.1, 0.15) is 29.0 Å². The smallest absolute Gasteiger partial charge is 0.300 e. The summed E-state index contributed by atoms with van der Waals surface area (Å²) < 4.78 is 19.6. The number of ether oxygens (including phenoxy) is 1. The van der Waals surface area contributed by atoms with Gasteiger partial charge in [0.25, 0.3) is 11.7 Å². The molecular formula is C24H18FNO4S. The molecule has 156 valence electrons. The summed E-state index contributed by atoms with van der Waals surface area (Å²) in [6.07, 6.45) is 0.736. The molecule has 0 saturated carbocycles. The van der Waals surface area contributed by atoms with E-state index in [0.29, 0.717) is 16.9 Å². The third-order valence-corrected chi connectivity index (χ3v) is 6.44. The molecule has 1 saturated heterocycles. The van der Waals surface area contributed by atoms with Crippen LogP contribution in [0.15, 0.2) is 65.6 Å². The summed E-state index contributed by atoms with van der Waals surface area (Å²) in [6.45, 7) is 1.96. The number of aliphatic hydroxyl groups is 1. The van der Waals surface area contributed by atoms with Gasteiger partial charge >= 0.3 is 0 Å². The third kappa shape index (κ3) is 3.21. The molecule has 1 aromatic heterocycles. The van der Waals surface area contributed by atoms with Crippen molar-refractivity contribution in [2.45, 2.75) is 25.5 Å². The third-order valence-electron chi connectivity index (χ3n) is 5.51. The summed E-state index contributed by atoms with van der Waals surface area (Å²) in [5, 5.41) is 13.0. The molecule has 0 bridgehead atoms. The molecule has 2 aliphatic rings. The highest BCUT2D eigenvalue weighted by Gasteiger charge is 2.47. The fourth-order valence-corrected chi connectivity index (χ4v) is 4.99. The number of Topliss-reactive ketones (excluding diaryl/α,β-unsaturated/α-hetero) is 1. The van der Waals surface area contributed by atoms with Gasteiger partial charge in [0.2, 0.25) is 0 Å². The van der Waals surface area contributed by atoms with Crippen LogP contribution in [0.4, 0.5) is 10.1 Å². The molecule has 1 N–H and O–H groups in total. The van der Waals surface area contributed by atoms with Crippen molar-refractivity contribution in [1.29, 1.82) is 0 Å². The van der Waals surface area contributed by atoms with E-state index in [9.17, 15) is 19.1 Å². The van der Waals surface area contributed by atoms with Crippen LogP contribution in [-0.4, -0.2) is 22.9 Å². The molecule has 5 rings (SSSR count). The average Bonchev–Trinajstić information content (AvgIpc) is 3.45. The number of carbonyl (C=O) groups is 2. The van der Waals surface area contributed by atoms with Gasteiger partial charge < -0.3 is 9.84 Å². The Morgan fingerprint density at radius 1 is 1.16 bits per heavy atom. The minimum absolute atomic E-state index is 0.0105. The van der Waals surface area contributed by atoms with Crippen LogP contribution in [0.2, 0.25) is 0 Å². The zero-order valence-electron chi connectivity index (χ0n) is 16.5. The summed E-state index contributed by atoms with van der Waals surface area (Å²) in [4.78, 5) is 28.0. The topological polar surface area (TPSA) is 66.8 Å². The number of anilines is 1. The number of amides is 1. The maximum atomic E-state index is 13.9. The minimum atomic E-state index is -0.842. The van der Waals surface area contributed by atoms with Gasteiger partial charge in [-0.1, -0.05) is 12.1 Å². The summed E-state index contributed by atoms with van der Waals surface area (Å²) in [5.74, 6) is -1.62. The molecule has 2 atom stereocenters. The first-order valence-corrected chi connectivity index (χ1v) is 10.7. The molecule has 1 amide bonds. The Kier molecular flexibility index (Phi) is 4.63. The molecule has 0 spiro atoms. The van der Waals surface area contributed by atoms with Crippen LogP contribution in [0.5, 0.6) is 5.75 Å². The molecule has 0 aliphatic carbocycles. The standard InChI is InChI=1S/C24H18FNO4S/c1-13-10-15-11-14(7-8-18(15)30-13)22(27)20-21(19-6-3-9-31-19)26(24(29)23(20)28)17-5-2-4-16(25)12-17/h2-9,11-13,21,27H,10H2,1H3/b22-20-. The van der Waals surface area contributed by atoms with Crippen molar-refractivity contribution in [1.82, 2.24) is 0 Å². The predicted molar refractivity (Wildman–Crippen MR) is 116 cm³/mol. The Bertz CT molecular complexity index is 1230. The maximum absolute atomic E-state index is 13.9. The molecule has 2 unspecified atom stereocenters. The number of hydrogen-bond donors (Lipinski definition) is 1. The molecule has 3 heterocycles. The van der Waals surface area contributed by atoms with Gasteiger partial charge in [0.15, 0.2) is 0 Å². The zero-order valence-corrected chi connectivity index (χ0v) is 17.4. The summed E-state index contributed by atoms with van der Waals surface area (Å²) in [5.41, 5.74) is 1.62. The number of carbonyl (C=O) groups excluding carboxylic acids is 2. The van der Waals surface area contributed by atoms with Gasteiger partial charge in [0, 0.05) is 22.5 Å². The van der Waals surface area contributed by atoms with Gasteiger partial charge in [-0.15, -0.1) is 11.3 Å². The Hall–Kier alpha value is -3.45. The minimum Gasteiger partial charge on any atom is -0.507 e. The van der Waals surface area contributed by atoms with Gasteiger partial charge in [-0.05, 0) is 60.3 Å². The number of nitrogens with zero attached hydrogens (tertiary/aromatic N) is 1. The number of ketones is 1. The number of benzene rings is 2. The van der Waals surface area contributed by atoms with E-state index in [2.05, 4.69) is 0 Å². The Morgan fingerprint density at radius 3 is 2.74 bits per heavy atom. The number of thiophene rings is 1. The first kappa shape index (κ1) is 19.5. The molecular weight excluding hydrogens is 417 g/mol. The van der Waals surface area contributed by atoms with Crippen LogP contribution in [0.3, 0.4) is 0 Å². The van der Waals surface area contributed by atoms with Gasteiger partial charge in [-0.25, -0.2) is 4.39 Å². The van der Waals surface area contributed by atoms with Crippen molar-refractivity contribution < 1.29 is 23.8 Å². The van der Waals surface area contributed by atoms with Crippen LogP contribution >= 0.6 is 11.3 Å². The molecule has 31 heavy (non-hydrogen) atoms. The van der Waals surface area contributed by atoms with Crippen molar-refractivity contribution in [3.8, 4) is 5.75 Å². The molecule has 2 aliphatic heterocycles. The largest absolute Gasteiger partial charge is 0.507 e. The monoisotopic (exact) mass is 435 g/mol. The van der Waals surface area contributed by atoms with E-state index >= 15 is 0 Å². The molecule has 7 heteroatoms. The number of hydrogen-bond acceptors (Lipinski definition) is 5. The van der Waals surface area contributed by atoms with Gasteiger partial charge in [-0.3, -0.25) is 14.5 Å². The number of aliphatic hydroxyl groups excluding tert-OH is 1. The molecule has 5 nitrogen and oxygen atoms in total. The van der Waals surface area contributed by atoms with Crippen molar-refractivity contribution in [3.63, 3.8) is 0 Å². The fourth-order valence-electron chi connectivity index (χ4n) is 4.17. The summed E-state index contributed by atoms with van der Waals surface area (Å²) in [6, 6.07) is 13.5. The Balaban J connectivity index is 1.67. The highest BCUT2D eigenvalue weighted by atomic mass is 32.1. The summed E-state index contributed by atoms with van der Waals surface area (Å²) >= 11 is 1.36. The SMILES string of the molecule is CC1Cc2cc(/C(O)=C3/C(=O)C(=O)N(c4cccc(F)c4)C3c3cccs3)ccc2O1. The van der Waals surface area contributed by atoms with Crippen molar-refractivity contribution in [2.75, 3.05) is 4.90 Å². The fraction of sp³-hybridized carbons (Fsp3) is 0.167. The van der Waals surface area contributed by atoms with Crippen LogP contribution in [0, 0.1) is 5.82 Å². The predicted octanol–water partition coefficient (Wildman–Crippen LogP) is 4.84. The van der Waals surface area contributed by atoms with Crippen LogP contribution in [-0.2, 0) is 16.0 Å². The lowest BCUT2D eigenvalue weighted by molar-refractivity contribution is -0.132. The average molecular weight is 435 g/mol. The van der Waals surface area contributed by atoms with E-state index in [1.54, 1.807) is 36.4 Å². The lowest BCUT2D eigenvalue weighted by Crippen LogP contribution is -2.29. The van der Waals surface area contributed by atoms with E-state index in [1.807, 2.05) is 12.3 Å². The number of rotatable bonds is 3. The normalized spacial score (nSPS) is 21.9. The Labute approximate surface area is 182 Å². The maximum Gasteiger partial charge on any atom is 0.300 e. The van der Waals surface area contributed by atoms with Gasteiger partial charge in [0.1, 0.15) is 29.5 Å². The van der Waals surface area contributed by atoms with Crippen molar-refractivity contribution >= 4 is 34.5 Å². The quantitative estimate of drug-likeness (QED) is 0.363. The van der Waals surface area contributed by atoms with Gasteiger partial charge in [0.05, 0.1) is 5.57 Å². The lowest BCUT2D eigenvalue weighted by Gasteiger charge is -2.24. The first-order chi connectivity index (χ1) is 14.9. The first-order valence-electron chi connectivity index (χ1n) is 9.84. The van der Waals surface area contributed by atoms with Gasteiger partial charge in [-0.2, -0.15) is 0 Å². The number of halogens is 1. The van der Waals surface area contributed by atoms with E-state index in [0.717, 1.165) is 11.3 Å². The van der Waals surface area contributed by atoms with E-state index < -0.39 is 23.5 Å². The van der Waals surface area contributed by atoms with Crippen molar-refractivity contribution in [3.05, 3.63) is 87.4 Å². The second-order valence-corrected chi connectivity index (χ2v) is 8.60. The van der Waals surface area contributed by atoms with E-state index in [-0.39, 0.29) is 23.1 Å². The number of fused-ring (bicyclic) bond motifs is 1. The second kappa shape index (κ2) is 7.35. The second-order valence-electron chi connectivity index (χ2n) is 7.62. The highest BCUT2D eigenvalue weighted by Crippen LogP contribution is 2.44. The Morgan fingerprint density at radius 2 is 2.00 bits per heavy atom. The zero-order chi connectivity index (χ0) is 21.7. The molecule has 0 radical (unpaired) electrons. The molecule has 1 fully saturated rings.